The van der Waals surface area contributed by atoms with Gasteiger partial charge in [0.25, 0.3) is 0 Å². The molecule has 0 aliphatic carbocycles. The highest BCUT2D eigenvalue weighted by Gasteiger charge is 2.31. The van der Waals surface area contributed by atoms with Gasteiger partial charge in [-0.25, -0.2) is 0 Å². The molecule has 2 radical (unpaired) electrons. The Morgan fingerprint density at radius 2 is 1.57 bits per heavy atom. The van der Waals surface area contributed by atoms with Gasteiger partial charge in [-0.15, -0.1) is 0 Å². The summed E-state index contributed by atoms with van der Waals surface area (Å²) in [7, 11) is 8.06. The maximum absolute atomic E-state index is 6.40. The highest BCUT2D eigenvalue weighted by molar-refractivity contribution is 6.18. The van der Waals surface area contributed by atoms with Crippen LogP contribution >= 0.6 is 0 Å². The predicted octanol–water partition coefficient (Wildman–Crippen LogP) is 4.17. The van der Waals surface area contributed by atoms with Crippen molar-refractivity contribution in [2.75, 3.05) is 11.9 Å². The summed E-state index contributed by atoms with van der Waals surface area (Å²) in [4.78, 5) is 1.84. The Morgan fingerprint density at radius 3 is 2.10 bits per heavy atom. The Labute approximate surface area is 129 Å². The van der Waals surface area contributed by atoms with Crippen LogP contribution in [-0.4, -0.2) is 20.6 Å². The lowest BCUT2D eigenvalue weighted by Crippen LogP contribution is -2.46. The summed E-state index contributed by atoms with van der Waals surface area (Å²) in [5.74, 6) is 1.13. The fourth-order valence-electron chi connectivity index (χ4n) is 2.43. The van der Waals surface area contributed by atoms with E-state index in [1.165, 1.54) is 5.56 Å². The molecular formula is C18H22BNO. The molecule has 0 amide bonds. The minimum Gasteiger partial charge on any atom is -0.497 e. The first kappa shape index (κ1) is 15.5. The second-order valence-corrected chi connectivity index (χ2v) is 5.85. The van der Waals surface area contributed by atoms with Crippen LogP contribution in [0.25, 0.3) is 0 Å². The van der Waals surface area contributed by atoms with Crippen molar-refractivity contribution in [2.45, 2.75) is 32.2 Å². The smallest absolute Gasteiger partial charge is 0.227 e. The highest BCUT2D eigenvalue weighted by atomic mass is 16.5. The Kier molecular flexibility index (Phi) is 4.61. The molecule has 0 saturated carbocycles. The number of hydrogen-bond acceptors (Lipinski definition) is 2. The summed E-state index contributed by atoms with van der Waals surface area (Å²) in [6, 6.07) is 18.3. The number of hydrogen-bond donors (Lipinski definition) is 0. The molecular weight excluding hydrogens is 257 g/mol. The summed E-state index contributed by atoms with van der Waals surface area (Å²) in [6.45, 7) is 6.53. The number of rotatable bonds is 5. The van der Waals surface area contributed by atoms with E-state index >= 15 is 0 Å². The molecule has 1 unspecified atom stereocenters. The molecule has 0 fully saturated rings. The summed E-state index contributed by atoms with van der Waals surface area (Å²) < 4.78 is 5.19. The van der Waals surface area contributed by atoms with Crippen LogP contribution in [0.5, 0.6) is 5.75 Å². The van der Waals surface area contributed by atoms with Crippen LogP contribution < -0.4 is 9.55 Å². The van der Waals surface area contributed by atoms with Gasteiger partial charge in [-0.1, -0.05) is 37.3 Å². The number of ether oxygens (including phenoxy) is 1. The SMILES string of the molecule is [B]N(c1ccc(OC)cc1)C(C)(C)C(C)c1ccccc1. The molecule has 1 atom stereocenters. The van der Waals surface area contributed by atoms with Crippen LogP contribution in [0.4, 0.5) is 5.69 Å². The zero-order valence-electron chi connectivity index (χ0n) is 13.2. The molecule has 2 rings (SSSR count). The summed E-state index contributed by atoms with van der Waals surface area (Å²) in [5.41, 5.74) is 2.05. The van der Waals surface area contributed by atoms with E-state index in [1.807, 2.05) is 35.1 Å². The maximum Gasteiger partial charge on any atom is 0.227 e. The summed E-state index contributed by atoms with van der Waals surface area (Å²) in [6.07, 6.45) is 0. The average molecular weight is 279 g/mol. The van der Waals surface area contributed by atoms with Crippen LogP contribution in [0.1, 0.15) is 32.3 Å². The van der Waals surface area contributed by atoms with Crippen LogP contribution in [0.15, 0.2) is 54.6 Å². The lowest BCUT2D eigenvalue weighted by atomic mass is 9.80. The van der Waals surface area contributed by atoms with Gasteiger partial charge in [0.1, 0.15) is 5.75 Å². The third-order valence-corrected chi connectivity index (χ3v) is 4.33. The molecule has 0 bridgehead atoms. The molecule has 0 aliphatic heterocycles. The third-order valence-electron chi connectivity index (χ3n) is 4.33. The van der Waals surface area contributed by atoms with Gasteiger partial charge in [-0.3, -0.25) is 0 Å². The van der Waals surface area contributed by atoms with Gasteiger partial charge >= 0.3 is 0 Å². The van der Waals surface area contributed by atoms with E-state index in [0.29, 0.717) is 5.92 Å². The van der Waals surface area contributed by atoms with Crippen LogP contribution in [-0.2, 0) is 0 Å². The van der Waals surface area contributed by atoms with Gasteiger partial charge in [-0.05, 0) is 43.7 Å². The molecule has 0 aliphatic rings. The van der Waals surface area contributed by atoms with Crippen molar-refractivity contribution in [3.8, 4) is 5.75 Å². The van der Waals surface area contributed by atoms with Crippen molar-refractivity contribution in [2.24, 2.45) is 0 Å². The van der Waals surface area contributed by atoms with E-state index in [1.54, 1.807) is 7.11 Å². The van der Waals surface area contributed by atoms with Crippen molar-refractivity contribution < 1.29 is 4.74 Å². The molecule has 0 spiro atoms. The van der Waals surface area contributed by atoms with Crippen molar-refractivity contribution in [3.63, 3.8) is 0 Å². The Hall–Kier alpha value is -1.90. The van der Waals surface area contributed by atoms with Crippen molar-refractivity contribution >= 4 is 13.7 Å². The Balaban J connectivity index is 2.24. The fourth-order valence-corrected chi connectivity index (χ4v) is 2.43. The fraction of sp³-hybridized carbons (Fsp3) is 0.333. The molecule has 0 aromatic heterocycles. The maximum atomic E-state index is 6.40. The molecule has 0 heterocycles. The zero-order chi connectivity index (χ0) is 15.5. The van der Waals surface area contributed by atoms with E-state index in [4.69, 9.17) is 12.7 Å². The van der Waals surface area contributed by atoms with Crippen LogP contribution in [0, 0.1) is 0 Å². The van der Waals surface area contributed by atoms with Gasteiger partial charge in [0.05, 0.1) is 7.11 Å². The molecule has 108 valence electrons. The summed E-state index contributed by atoms with van der Waals surface area (Å²) in [5, 5.41) is 0. The number of anilines is 1. The molecule has 0 saturated heterocycles. The molecule has 2 nitrogen and oxygen atoms in total. The van der Waals surface area contributed by atoms with Crippen molar-refractivity contribution in [3.05, 3.63) is 60.2 Å². The minimum absolute atomic E-state index is 0.212. The van der Waals surface area contributed by atoms with E-state index in [9.17, 15) is 0 Å². The molecule has 3 heteroatoms. The van der Waals surface area contributed by atoms with E-state index < -0.39 is 0 Å². The number of methoxy groups -OCH3 is 1. The lowest BCUT2D eigenvalue weighted by molar-refractivity contribution is 0.414. The Bertz CT molecular complexity index is 566. The van der Waals surface area contributed by atoms with Crippen molar-refractivity contribution in [1.29, 1.82) is 0 Å². The second kappa shape index (κ2) is 6.25. The predicted molar refractivity (Wildman–Crippen MR) is 90.2 cm³/mol. The van der Waals surface area contributed by atoms with Gasteiger partial charge in [0.15, 0.2) is 0 Å². The van der Waals surface area contributed by atoms with Crippen LogP contribution in [0.3, 0.4) is 0 Å². The first-order chi connectivity index (χ1) is 9.96. The Morgan fingerprint density at radius 1 is 1.00 bits per heavy atom. The third kappa shape index (κ3) is 3.23. The average Bonchev–Trinajstić information content (AvgIpc) is 2.54. The lowest BCUT2D eigenvalue weighted by Gasteiger charge is -2.43. The summed E-state index contributed by atoms with van der Waals surface area (Å²) >= 11 is 0. The monoisotopic (exact) mass is 279 g/mol. The number of benzene rings is 2. The topological polar surface area (TPSA) is 12.5 Å². The van der Waals surface area contributed by atoms with E-state index in [2.05, 4.69) is 45.0 Å². The normalized spacial score (nSPS) is 12.8. The molecule has 0 N–H and O–H groups in total. The van der Waals surface area contributed by atoms with Gasteiger partial charge in [-0.2, -0.15) is 0 Å². The van der Waals surface area contributed by atoms with Gasteiger partial charge < -0.3 is 9.55 Å². The standard InChI is InChI=1S/C18H22BNO/c1-14(15-8-6-5-7-9-15)18(2,3)20(19)16-10-12-17(21-4)13-11-16/h5-14H,1-4H3. The quantitative estimate of drug-likeness (QED) is 0.762. The highest BCUT2D eigenvalue weighted by Crippen LogP contribution is 2.35. The minimum atomic E-state index is -0.212. The first-order valence-corrected chi connectivity index (χ1v) is 7.20. The first-order valence-electron chi connectivity index (χ1n) is 7.20. The van der Waals surface area contributed by atoms with Gasteiger partial charge in [0, 0.05) is 17.1 Å². The molecule has 2 aromatic carbocycles. The van der Waals surface area contributed by atoms with Crippen LogP contribution in [0.2, 0.25) is 0 Å². The largest absolute Gasteiger partial charge is 0.497 e. The number of nitrogens with zero attached hydrogens (tertiary/aromatic N) is 1. The van der Waals surface area contributed by atoms with E-state index in [0.717, 1.165) is 11.4 Å². The van der Waals surface area contributed by atoms with E-state index in [-0.39, 0.29) is 5.54 Å². The second-order valence-electron chi connectivity index (χ2n) is 5.85. The van der Waals surface area contributed by atoms with Crippen molar-refractivity contribution in [1.82, 2.24) is 0 Å². The zero-order valence-corrected chi connectivity index (χ0v) is 13.2. The van der Waals surface area contributed by atoms with Gasteiger partial charge in [0.2, 0.25) is 7.98 Å². The molecule has 2 aromatic rings. The molecule has 21 heavy (non-hydrogen) atoms.